The van der Waals surface area contributed by atoms with Crippen LogP contribution in [0.4, 0.5) is 0 Å². The summed E-state index contributed by atoms with van der Waals surface area (Å²) < 4.78 is 5.43. The summed E-state index contributed by atoms with van der Waals surface area (Å²) in [7, 11) is 0. The highest BCUT2D eigenvalue weighted by molar-refractivity contribution is 8.03. The molecule has 8 heteroatoms. The lowest BCUT2D eigenvalue weighted by Gasteiger charge is -2.37. The number of fused-ring (bicyclic) bond motifs is 2. The van der Waals surface area contributed by atoms with Gasteiger partial charge in [0.05, 0.1) is 31.4 Å². The van der Waals surface area contributed by atoms with Crippen LogP contribution in [0.25, 0.3) is 0 Å². The second-order valence-electron chi connectivity index (χ2n) is 6.81. The molecule has 1 saturated heterocycles. The molecule has 27 heavy (non-hydrogen) atoms. The van der Waals surface area contributed by atoms with Crippen LogP contribution in [0.5, 0.6) is 0 Å². The number of halogens is 1. The molecule has 1 aromatic rings. The number of hydrogen-bond acceptors (Lipinski definition) is 7. The van der Waals surface area contributed by atoms with E-state index < -0.39 is 0 Å². The Hall–Kier alpha value is -1.80. The summed E-state index contributed by atoms with van der Waals surface area (Å²) in [4.78, 5) is 9.23. The number of benzene rings is 1. The van der Waals surface area contributed by atoms with Crippen molar-refractivity contribution in [3.05, 3.63) is 58.0 Å². The van der Waals surface area contributed by atoms with Crippen molar-refractivity contribution in [1.82, 2.24) is 15.3 Å². The topological polar surface area (TPSA) is 52.5 Å². The number of thioether (sulfide) groups is 1. The van der Waals surface area contributed by atoms with E-state index in [1.807, 2.05) is 11.2 Å². The van der Waals surface area contributed by atoms with Crippen LogP contribution in [0.3, 0.4) is 0 Å². The summed E-state index contributed by atoms with van der Waals surface area (Å²) in [5, 5.41) is 9.12. The van der Waals surface area contributed by atoms with Gasteiger partial charge in [0.15, 0.2) is 0 Å². The largest absolute Gasteiger partial charge is 0.379 e. The molecule has 0 unspecified atom stereocenters. The molecule has 4 aliphatic rings. The molecule has 0 bridgehead atoms. The van der Waals surface area contributed by atoms with E-state index in [1.54, 1.807) is 18.1 Å². The van der Waals surface area contributed by atoms with Crippen molar-refractivity contribution in [3.63, 3.8) is 0 Å². The number of nitrogens with one attached hydrogen (secondary N) is 1. The number of amidine groups is 1. The molecule has 0 aromatic heterocycles. The maximum Gasteiger partial charge on any atom is 0.218 e. The van der Waals surface area contributed by atoms with Crippen LogP contribution >= 0.6 is 23.4 Å². The van der Waals surface area contributed by atoms with Gasteiger partial charge in [0, 0.05) is 18.3 Å². The van der Waals surface area contributed by atoms with E-state index in [-0.39, 0.29) is 0 Å². The van der Waals surface area contributed by atoms with Crippen LogP contribution in [-0.4, -0.2) is 53.2 Å². The minimum absolute atomic E-state index is 0.447. The van der Waals surface area contributed by atoms with Crippen LogP contribution in [0, 0.1) is 0 Å². The summed E-state index contributed by atoms with van der Waals surface area (Å²) >= 11 is 8.31. The smallest absolute Gasteiger partial charge is 0.218 e. The third-order valence-electron chi connectivity index (χ3n) is 5.09. The van der Waals surface area contributed by atoms with Crippen molar-refractivity contribution in [2.24, 2.45) is 9.98 Å². The number of rotatable bonds is 3. The molecule has 140 valence electrons. The highest BCUT2D eigenvalue weighted by atomic mass is 35.5. The van der Waals surface area contributed by atoms with Crippen LogP contribution in [-0.2, 0) is 17.6 Å². The fourth-order valence-electron chi connectivity index (χ4n) is 3.74. The SMILES string of the molecule is ClC1=NC2=C(SC3Cc4ccccc4C3)N=CNC2=CN1N1CCOCC1. The number of morpholine rings is 1. The first-order chi connectivity index (χ1) is 13.3. The first kappa shape index (κ1) is 17.3. The number of nitrogens with zero attached hydrogens (tertiary/aromatic N) is 4. The number of aliphatic imine (C=N–C) groups is 2. The summed E-state index contributed by atoms with van der Waals surface area (Å²) in [6, 6.07) is 8.67. The molecular formula is C19H20ClN5OS. The van der Waals surface area contributed by atoms with Crippen LogP contribution < -0.4 is 5.32 Å². The Bertz CT molecular complexity index is 850. The van der Waals surface area contributed by atoms with Crippen molar-refractivity contribution >= 4 is 35.0 Å². The summed E-state index contributed by atoms with van der Waals surface area (Å²) in [5.74, 6) is 0. The van der Waals surface area contributed by atoms with Gasteiger partial charge in [0.2, 0.25) is 5.29 Å². The van der Waals surface area contributed by atoms with Gasteiger partial charge in [-0.2, -0.15) is 0 Å². The van der Waals surface area contributed by atoms with E-state index in [2.05, 4.69) is 44.6 Å². The molecule has 0 atom stereocenters. The molecule has 0 amide bonds. The van der Waals surface area contributed by atoms with Crippen LogP contribution in [0.15, 0.2) is 56.9 Å². The monoisotopic (exact) mass is 401 g/mol. The Morgan fingerprint density at radius 2 is 1.89 bits per heavy atom. The molecule has 0 saturated carbocycles. The molecular weight excluding hydrogens is 382 g/mol. The van der Waals surface area contributed by atoms with Gasteiger partial charge in [-0.3, -0.25) is 5.01 Å². The molecule has 6 nitrogen and oxygen atoms in total. The normalized spacial score (nSPS) is 22.9. The van der Waals surface area contributed by atoms with E-state index in [0.717, 1.165) is 42.4 Å². The first-order valence-corrected chi connectivity index (χ1v) is 10.4. The van der Waals surface area contributed by atoms with Crippen molar-refractivity contribution in [3.8, 4) is 0 Å². The number of hydrazine groups is 1. The second kappa shape index (κ2) is 7.31. The lowest BCUT2D eigenvalue weighted by molar-refractivity contribution is -0.0287. The van der Waals surface area contributed by atoms with Crippen molar-refractivity contribution < 1.29 is 4.74 Å². The molecule has 0 spiro atoms. The standard InChI is InChI=1S/C19H20ClN5OS/c20-19-23-17-16(11-25(19)24-5-7-26-8-6-24)21-12-22-18(17)27-15-9-13-3-1-2-4-14(13)10-15/h1-4,11-12,15H,5-10H2,(H,21,22). The maximum absolute atomic E-state index is 6.52. The average molecular weight is 402 g/mol. The minimum atomic E-state index is 0.447. The molecule has 3 aliphatic heterocycles. The molecule has 1 aliphatic carbocycles. The molecule has 5 rings (SSSR count). The Morgan fingerprint density at radius 3 is 2.63 bits per heavy atom. The van der Waals surface area contributed by atoms with Crippen LogP contribution in [0.2, 0.25) is 0 Å². The van der Waals surface area contributed by atoms with Crippen molar-refractivity contribution in [2.75, 3.05) is 26.3 Å². The average Bonchev–Trinajstić information content (AvgIpc) is 3.11. The lowest BCUT2D eigenvalue weighted by Crippen LogP contribution is -2.49. The molecule has 3 heterocycles. The molecule has 1 aromatic carbocycles. The van der Waals surface area contributed by atoms with Gasteiger partial charge >= 0.3 is 0 Å². The summed E-state index contributed by atoms with van der Waals surface area (Å²) in [6.07, 6.45) is 5.88. The molecule has 1 N–H and O–H groups in total. The zero-order chi connectivity index (χ0) is 18.2. The highest BCUT2D eigenvalue weighted by Crippen LogP contribution is 2.38. The van der Waals surface area contributed by atoms with Gasteiger partial charge in [0.25, 0.3) is 0 Å². The van der Waals surface area contributed by atoms with Crippen molar-refractivity contribution in [2.45, 2.75) is 18.1 Å². The number of hydrogen-bond donors (Lipinski definition) is 1. The van der Waals surface area contributed by atoms with E-state index >= 15 is 0 Å². The van der Waals surface area contributed by atoms with E-state index in [1.165, 1.54) is 11.1 Å². The third kappa shape index (κ3) is 3.40. The second-order valence-corrected chi connectivity index (χ2v) is 8.43. The summed E-state index contributed by atoms with van der Waals surface area (Å²) in [6.45, 7) is 2.99. The predicted octanol–water partition coefficient (Wildman–Crippen LogP) is 2.69. The Morgan fingerprint density at radius 1 is 1.15 bits per heavy atom. The van der Waals surface area contributed by atoms with Crippen molar-refractivity contribution in [1.29, 1.82) is 0 Å². The number of ether oxygens (including phenoxy) is 1. The Kier molecular flexibility index (Phi) is 4.69. The molecule has 1 fully saturated rings. The zero-order valence-electron chi connectivity index (χ0n) is 14.8. The van der Waals surface area contributed by atoms with E-state index in [4.69, 9.17) is 16.3 Å². The van der Waals surface area contributed by atoms with Gasteiger partial charge in [-0.15, -0.1) is 11.8 Å². The quantitative estimate of drug-likeness (QED) is 0.789. The zero-order valence-corrected chi connectivity index (χ0v) is 16.3. The van der Waals surface area contributed by atoms with E-state index in [9.17, 15) is 0 Å². The summed E-state index contributed by atoms with van der Waals surface area (Å²) in [5.41, 5.74) is 4.64. The fraction of sp³-hybridized carbons (Fsp3) is 0.368. The van der Waals surface area contributed by atoms with Gasteiger partial charge in [-0.25, -0.2) is 15.0 Å². The van der Waals surface area contributed by atoms with E-state index in [0.29, 0.717) is 23.8 Å². The first-order valence-electron chi connectivity index (χ1n) is 9.13. The lowest BCUT2D eigenvalue weighted by atomic mass is 10.1. The van der Waals surface area contributed by atoms with Gasteiger partial charge in [-0.05, 0) is 35.6 Å². The van der Waals surface area contributed by atoms with Gasteiger partial charge in [0.1, 0.15) is 10.7 Å². The van der Waals surface area contributed by atoms with Gasteiger partial charge < -0.3 is 10.1 Å². The highest BCUT2D eigenvalue weighted by Gasteiger charge is 2.30. The predicted molar refractivity (Wildman–Crippen MR) is 109 cm³/mol. The Balaban J connectivity index is 1.37. The fourth-order valence-corrected chi connectivity index (χ4v) is 5.21. The Labute approximate surface area is 167 Å². The minimum Gasteiger partial charge on any atom is -0.379 e. The third-order valence-corrected chi connectivity index (χ3v) is 6.53. The maximum atomic E-state index is 6.52. The van der Waals surface area contributed by atoms with Gasteiger partial charge in [-0.1, -0.05) is 24.3 Å². The van der Waals surface area contributed by atoms with Crippen LogP contribution in [0.1, 0.15) is 11.1 Å². The molecule has 0 radical (unpaired) electrons.